The molecule has 0 aromatic heterocycles. The second-order valence-electron chi connectivity index (χ2n) is 10.6. The van der Waals surface area contributed by atoms with Gasteiger partial charge in [-0.05, 0) is 57.9 Å². The molecule has 0 aliphatic carbocycles. The minimum Gasteiger partial charge on any atom is -0.394 e. The maximum absolute atomic E-state index is 15.6. The smallest absolute Gasteiger partial charge is 0.237 e. The zero-order valence-electron chi connectivity index (χ0n) is 20.9. The molecule has 1 aliphatic rings. The van der Waals surface area contributed by atoms with Gasteiger partial charge in [-0.25, -0.2) is 8.78 Å². The number of aliphatic hydroxyl groups excluding tert-OH is 2. The monoisotopic (exact) mass is 597 g/mol. The molecule has 2 aromatic rings. The molecule has 10 heteroatoms. The summed E-state index contributed by atoms with van der Waals surface area (Å²) in [5.74, 6) is -3.00. The Morgan fingerprint density at radius 3 is 2.62 bits per heavy atom. The zero-order valence-corrected chi connectivity index (χ0v) is 23.2. The highest BCUT2D eigenvalue weighted by Gasteiger charge is 2.61. The van der Waals surface area contributed by atoms with Crippen molar-refractivity contribution in [2.45, 2.75) is 63.1 Å². The number of rotatable bonds is 8. The van der Waals surface area contributed by atoms with Crippen molar-refractivity contribution < 1.29 is 23.8 Å². The largest absolute Gasteiger partial charge is 0.394 e. The Kier molecular flexibility index (Phi) is 9.36. The first-order chi connectivity index (χ1) is 17.4. The molecule has 1 heterocycles. The van der Waals surface area contributed by atoms with Crippen molar-refractivity contribution in [2.75, 3.05) is 13.2 Å². The van der Waals surface area contributed by atoms with Crippen molar-refractivity contribution in [3.05, 3.63) is 68.7 Å². The molecule has 2 aromatic carbocycles. The van der Waals surface area contributed by atoms with Crippen molar-refractivity contribution in [3.8, 4) is 6.07 Å². The quantitative estimate of drug-likeness (QED) is 0.357. The highest BCUT2D eigenvalue weighted by Crippen LogP contribution is 2.52. The number of hydrogen-bond acceptors (Lipinski definition) is 5. The van der Waals surface area contributed by atoms with Crippen LogP contribution >= 0.6 is 27.5 Å². The van der Waals surface area contributed by atoms with Crippen molar-refractivity contribution in [1.82, 2.24) is 10.6 Å². The van der Waals surface area contributed by atoms with Crippen molar-refractivity contribution in [2.24, 2.45) is 5.41 Å². The summed E-state index contributed by atoms with van der Waals surface area (Å²) in [4.78, 5) is 13.5. The molecule has 3 rings (SSSR count). The number of halogens is 4. The minimum absolute atomic E-state index is 0.0246. The fraction of sp³-hybridized carbons (Fsp3) is 0.481. The average molecular weight is 599 g/mol. The van der Waals surface area contributed by atoms with Crippen LogP contribution in [0.15, 0.2) is 40.9 Å². The Balaban J connectivity index is 2.24. The third kappa shape index (κ3) is 6.15. The standard InChI is InChI=1S/C27H31BrClF2N3O3/c1-26(2,3)12-21-27(14-32,18-8-7-15(29)11-20(18)30)22(17-5-4-6-19(28)23(17)31)24(34-21)25(37)33-10-9-16(36)13-35/h4-8,11,16,21-22,24,34-36H,9-10,12-13H2,1-3H3,(H,33,37)/t16-,21+,22+,24-,27+/m0/s1. The van der Waals surface area contributed by atoms with Crippen LogP contribution in [0, 0.1) is 28.4 Å². The maximum Gasteiger partial charge on any atom is 0.237 e. The molecule has 0 radical (unpaired) electrons. The van der Waals surface area contributed by atoms with Gasteiger partial charge in [0.25, 0.3) is 0 Å². The number of hydrogen-bond donors (Lipinski definition) is 4. The number of carbonyl (C=O) groups is 1. The Morgan fingerprint density at radius 1 is 1.32 bits per heavy atom. The second-order valence-corrected chi connectivity index (χ2v) is 11.9. The number of nitrogens with one attached hydrogen (secondary N) is 2. The number of benzene rings is 2. The molecule has 0 unspecified atom stereocenters. The SMILES string of the molecule is CC(C)(C)C[C@H]1N[C@H](C(=O)NCC[C@H](O)CO)[C@@H](c2cccc(Br)c2F)[C@]1(C#N)c1ccc(Cl)cc1F. The lowest BCUT2D eigenvalue weighted by Gasteiger charge is -2.37. The molecule has 1 amide bonds. The topological polar surface area (TPSA) is 105 Å². The van der Waals surface area contributed by atoms with Crippen LogP contribution in [0.1, 0.15) is 50.7 Å². The van der Waals surface area contributed by atoms with Crippen LogP contribution in [0.4, 0.5) is 8.78 Å². The normalized spacial score (nSPS) is 24.5. The summed E-state index contributed by atoms with van der Waals surface area (Å²) in [7, 11) is 0. The van der Waals surface area contributed by atoms with Crippen molar-refractivity contribution in [1.29, 1.82) is 5.26 Å². The van der Waals surface area contributed by atoms with Crippen LogP contribution in [0.5, 0.6) is 0 Å². The van der Waals surface area contributed by atoms with Gasteiger partial charge in [0, 0.05) is 29.1 Å². The zero-order chi connectivity index (χ0) is 27.5. The molecule has 200 valence electrons. The number of nitrogens with zero attached hydrogens (tertiary/aromatic N) is 1. The molecule has 5 atom stereocenters. The Bertz CT molecular complexity index is 1190. The molecule has 0 bridgehead atoms. The number of nitriles is 1. The molecule has 4 N–H and O–H groups in total. The van der Waals surface area contributed by atoms with E-state index in [1.807, 2.05) is 20.8 Å². The van der Waals surface area contributed by atoms with Crippen LogP contribution in [0.2, 0.25) is 5.02 Å². The molecule has 0 saturated carbocycles. The highest BCUT2D eigenvalue weighted by atomic mass is 79.9. The molecular formula is C27H31BrClF2N3O3. The lowest BCUT2D eigenvalue weighted by molar-refractivity contribution is -0.123. The van der Waals surface area contributed by atoms with Crippen molar-refractivity contribution in [3.63, 3.8) is 0 Å². The first-order valence-electron chi connectivity index (χ1n) is 12.0. The summed E-state index contributed by atoms with van der Waals surface area (Å²) >= 11 is 9.22. The summed E-state index contributed by atoms with van der Waals surface area (Å²) < 4.78 is 31.3. The van der Waals surface area contributed by atoms with Crippen molar-refractivity contribution >= 4 is 33.4 Å². The van der Waals surface area contributed by atoms with Gasteiger partial charge in [0.1, 0.15) is 17.0 Å². The summed E-state index contributed by atoms with van der Waals surface area (Å²) in [6.07, 6.45) is -0.530. The molecule has 1 fully saturated rings. The van der Waals surface area contributed by atoms with Gasteiger partial charge in [0.15, 0.2) is 0 Å². The van der Waals surface area contributed by atoms with Gasteiger partial charge in [-0.1, -0.05) is 50.6 Å². The molecule has 1 saturated heterocycles. The van der Waals surface area contributed by atoms with Crippen LogP contribution < -0.4 is 10.6 Å². The van der Waals surface area contributed by atoms with E-state index in [0.29, 0.717) is 6.42 Å². The van der Waals surface area contributed by atoms with E-state index < -0.39 is 53.7 Å². The van der Waals surface area contributed by atoms with E-state index in [9.17, 15) is 15.2 Å². The van der Waals surface area contributed by atoms with Crippen LogP contribution in [-0.2, 0) is 10.2 Å². The van der Waals surface area contributed by atoms with Crippen LogP contribution in [-0.4, -0.2) is 47.5 Å². The van der Waals surface area contributed by atoms with E-state index in [1.165, 1.54) is 24.3 Å². The lowest BCUT2D eigenvalue weighted by atomic mass is 9.62. The van der Waals surface area contributed by atoms with Crippen LogP contribution in [0.3, 0.4) is 0 Å². The molecule has 1 aliphatic heterocycles. The predicted molar refractivity (Wildman–Crippen MR) is 141 cm³/mol. The lowest BCUT2D eigenvalue weighted by Crippen LogP contribution is -2.46. The highest BCUT2D eigenvalue weighted by molar-refractivity contribution is 9.10. The summed E-state index contributed by atoms with van der Waals surface area (Å²) in [5.41, 5.74) is -1.89. The van der Waals surface area contributed by atoms with Gasteiger partial charge >= 0.3 is 0 Å². The maximum atomic E-state index is 15.6. The Hall–Kier alpha value is -2.09. The fourth-order valence-electron chi connectivity index (χ4n) is 5.12. The Morgan fingerprint density at radius 2 is 2.03 bits per heavy atom. The fourth-order valence-corrected chi connectivity index (χ4v) is 5.66. The molecule has 6 nitrogen and oxygen atoms in total. The van der Waals surface area contributed by atoms with E-state index >= 15 is 8.78 Å². The van der Waals surface area contributed by atoms with Gasteiger partial charge in [-0.15, -0.1) is 0 Å². The van der Waals surface area contributed by atoms with E-state index in [2.05, 4.69) is 32.6 Å². The van der Waals surface area contributed by atoms with E-state index in [1.54, 1.807) is 6.07 Å². The van der Waals surface area contributed by atoms with E-state index in [-0.39, 0.29) is 39.0 Å². The van der Waals surface area contributed by atoms with Gasteiger partial charge in [0.2, 0.25) is 5.91 Å². The van der Waals surface area contributed by atoms with E-state index in [4.69, 9.17) is 16.7 Å². The summed E-state index contributed by atoms with van der Waals surface area (Å²) in [6.45, 7) is 5.49. The first kappa shape index (κ1) is 29.5. The summed E-state index contributed by atoms with van der Waals surface area (Å²) in [5, 5.41) is 35.6. The van der Waals surface area contributed by atoms with Gasteiger partial charge < -0.3 is 20.8 Å². The van der Waals surface area contributed by atoms with Gasteiger partial charge in [-0.2, -0.15) is 5.26 Å². The van der Waals surface area contributed by atoms with Gasteiger partial charge in [-0.3, -0.25) is 4.79 Å². The third-order valence-electron chi connectivity index (χ3n) is 6.72. The van der Waals surface area contributed by atoms with Crippen LogP contribution in [0.25, 0.3) is 0 Å². The average Bonchev–Trinajstić information content (AvgIpc) is 3.13. The third-order valence-corrected chi connectivity index (χ3v) is 7.57. The van der Waals surface area contributed by atoms with Gasteiger partial charge in [0.05, 0.1) is 29.3 Å². The summed E-state index contributed by atoms with van der Waals surface area (Å²) in [6, 6.07) is 9.12. The number of amides is 1. The minimum atomic E-state index is -1.67. The predicted octanol–water partition coefficient (Wildman–Crippen LogP) is 4.56. The number of aliphatic hydroxyl groups is 2. The molecular weight excluding hydrogens is 568 g/mol. The van der Waals surface area contributed by atoms with E-state index in [0.717, 1.165) is 6.07 Å². The second kappa shape index (κ2) is 11.7. The molecule has 0 spiro atoms. The molecule has 37 heavy (non-hydrogen) atoms. The Labute approximate surface area is 229 Å². The number of carbonyl (C=O) groups excluding carboxylic acids is 1. The first-order valence-corrected chi connectivity index (χ1v) is 13.2.